The first kappa shape index (κ1) is 24.0. The van der Waals surface area contributed by atoms with E-state index in [1.807, 2.05) is 83.9 Å². The largest absolute Gasteiger partial charge is 0.328 e. The van der Waals surface area contributed by atoms with E-state index in [0.29, 0.717) is 18.1 Å². The Hall–Kier alpha value is -4.33. The average molecular weight is 521 g/mol. The molecule has 7 nitrogen and oxygen atoms in total. The van der Waals surface area contributed by atoms with Crippen LogP contribution < -0.4 is 5.32 Å². The van der Waals surface area contributed by atoms with Crippen LogP contribution in [0.15, 0.2) is 103 Å². The van der Waals surface area contributed by atoms with Crippen LogP contribution in [0.5, 0.6) is 0 Å². The third kappa shape index (κ3) is 4.94. The Balaban J connectivity index is 1.19. The van der Waals surface area contributed by atoms with Crippen LogP contribution in [-0.2, 0) is 17.9 Å². The van der Waals surface area contributed by atoms with Gasteiger partial charge in [-0.15, -0.1) is 5.10 Å². The number of halogens is 1. The second kappa shape index (κ2) is 10.6. The molecule has 1 N–H and O–H groups in total. The van der Waals surface area contributed by atoms with Crippen molar-refractivity contribution in [1.82, 2.24) is 30.2 Å². The van der Waals surface area contributed by atoms with Crippen LogP contribution in [-0.4, -0.2) is 42.9 Å². The molecule has 3 heterocycles. The summed E-state index contributed by atoms with van der Waals surface area (Å²) in [5.41, 5.74) is 4.59. The normalized spacial score (nSPS) is 17.3. The average Bonchev–Trinajstić information content (AvgIpc) is 3.43. The van der Waals surface area contributed by atoms with E-state index in [2.05, 4.69) is 44.9 Å². The van der Waals surface area contributed by atoms with Crippen molar-refractivity contribution in [1.29, 1.82) is 0 Å². The molecule has 1 saturated heterocycles. The van der Waals surface area contributed by atoms with E-state index in [0.717, 1.165) is 33.4 Å². The van der Waals surface area contributed by atoms with Crippen LogP contribution in [0.1, 0.15) is 16.8 Å². The van der Waals surface area contributed by atoms with E-state index < -0.39 is 0 Å². The van der Waals surface area contributed by atoms with Gasteiger partial charge in [-0.2, -0.15) is 0 Å². The van der Waals surface area contributed by atoms with Crippen LogP contribution >= 0.6 is 11.6 Å². The summed E-state index contributed by atoms with van der Waals surface area (Å²) in [5.74, 6) is 0.0703. The molecule has 0 spiro atoms. The van der Waals surface area contributed by atoms with E-state index >= 15 is 0 Å². The van der Waals surface area contributed by atoms with E-state index in [1.165, 1.54) is 0 Å². The number of amides is 1. The number of rotatable bonds is 8. The van der Waals surface area contributed by atoms with Gasteiger partial charge in [0.2, 0.25) is 5.91 Å². The third-order valence-electron chi connectivity index (χ3n) is 6.70. The van der Waals surface area contributed by atoms with Crippen molar-refractivity contribution in [3.05, 3.63) is 125 Å². The van der Waals surface area contributed by atoms with E-state index in [4.69, 9.17) is 11.6 Å². The zero-order valence-corrected chi connectivity index (χ0v) is 21.2. The van der Waals surface area contributed by atoms with Crippen molar-refractivity contribution >= 4 is 34.5 Å². The first-order valence-electron chi connectivity index (χ1n) is 12.4. The molecule has 0 radical (unpaired) electrons. The SMILES string of the molecule is O=C1[C@@H](NCc2cn(-c3ccnc4cc(Cl)ccc34)nn2)[C@@H](/C=C/c2ccccc2)N1Cc1ccccc1. The van der Waals surface area contributed by atoms with Crippen molar-refractivity contribution in [2.45, 2.75) is 25.2 Å². The van der Waals surface area contributed by atoms with Gasteiger partial charge < -0.3 is 4.90 Å². The Kier molecular flexibility index (Phi) is 6.69. The highest BCUT2D eigenvalue weighted by molar-refractivity contribution is 6.31. The molecule has 188 valence electrons. The Labute approximate surface area is 225 Å². The number of nitrogens with one attached hydrogen (secondary N) is 1. The molecule has 1 amide bonds. The lowest BCUT2D eigenvalue weighted by Crippen LogP contribution is -2.68. The second-order valence-electron chi connectivity index (χ2n) is 9.22. The fourth-order valence-electron chi connectivity index (χ4n) is 4.75. The van der Waals surface area contributed by atoms with E-state index in [-0.39, 0.29) is 18.0 Å². The summed E-state index contributed by atoms with van der Waals surface area (Å²) in [5, 5.41) is 13.6. The van der Waals surface area contributed by atoms with Crippen LogP contribution in [0.2, 0.25) is 5.02 Å². The van der Waals surface area contributed by atoms with Gasteiger partial charge in [0.1, 0.15) is 6.04 Å². The Morgan fingerprint density at radius 1 is 0.974 bits per heavy atom. The molecule has 8 heteroatoms. The number of hydrogen-bond donors (Lipinski definition) is 1. The van der Waals surface area contributed by atoms with Crippen molar-refractivity contribution in [3.8, 4) is 5.69 Å². The summed E-state index contributed by atoms with van der Waals surface area (Å²) < 4.78 is 1.73. The molecule has 38 heavy (non-hydrogen) atoms. The maximum atomic E-state index is 13.2. The number of aromatic nitrogens is 4. The topological polar surface area (TPSA) is 75.9 Å². The second-order valence-corrected chi connectivity index (χ2v) is 9.65. The molecule has 5 aromatic rings. The number of likely N-dealkylation sites (tertiary alicyclic amines) is 1. The lowest BCUT2D eigenvalue weighted by atomic mass is 9.92. The standard InChI is InChI=1S/C30H25ClN6O/c31-23-12-13-25-26(17-23)32-16-15-27(25)37-20-24(34-35-37)18-33-29-28(14-11-21-7-3-1-4-8-21)36(30(29)38)19-22-9-5-2-6-10-22/h1-17,20,28-29,33H,18-19H2/b14-11+/t28-,29+/m1/s1. The fourth-order valence-corrected chi connectivity index (χ4v) is 4.91. The number of hydrogen-bond acceptors (Lipinski definition) is 5. The molecule has 0 unspecified atom stereocenters. The summed E-state index contributed by atoms with van der Waals surface area (Å²) in [7, 11) is 0. The Bertz CT molecular complexity index is 1600. The Morgan fingerprint density at radius 3 is 2.58 bits per heavy atom. The highest BCUT2D eigenvalue weighted by Gasteiger charge is 2.45. The zero-order valence-electron chi connectivity index (χ0n) is 20.5. The van der Waals surface area contributed by atoms with Gasteiger partial charge >= 0.3 is 0 Å². The first-order valence-corrected chi connectivity index (χ1v) is 12.8. The minimum atomic E-state index is -0.340. The summed E-state index contributed by atoms with van der Waals surface area (Å²) in [6.45, 7) is 0.983. The van der Waals surface area contributed by atoms with Gasteiger partial charge in [0, 0.05) is 29.7 Å². The molecular formula is C30H25ClN6O. The monoisotopic (exact) mass is 520 g/mol. The first-order chi connectivity index (χ1) is 18.7. The minimum absolute atomic E-state index is 0.0703. The molecule has 0 saturated carbocycles. The Morgan fingerprint density at radius 2 is 1.76 bits per heavy atom. The van der Waals surface area contributed by atoms with Crippen LogP contribution in [0.25, 0.3) is 22.7 Å². The zero-order chi connectivity index (χ0) is 25.9. The summed E-state index contributed by atoms with van der Waals surface area (Å²) in [6, 6.07) is 27.2. The smallest absolute Gasteiger partial charge is 0.243 e. The lowest BCUT2D eigenvalue weighted by Gasteiger charge is -2.46. The van der Waals surface area contributed by atoms with Crippen molar-refractivity contribution in [2.75, 3.05) is 0 Å². The van der Waals surface area contributed by atoms with Gasteiger partial charge in [-0.1, -0.05) is 89.6 Å². The van der Waals surface area contributed by atoms with Gasteiger partial charge in [0.25, 0.3) is 0 Å². The highest BCUT2D eigenvalue weighted by Crippen LogP contribution is 2.26. The number of nitrogens with zero attached hydrogens (tertiary/aromatic N) is 5. The molecular weight excluding hydrogens is 496 g/mol. The number of fused-ring (bicyclic) bond motifs is 1. The summed E-state index contributed by atoms with van der Waals surface area (Å²) in [6.07, 6.45) is 7.77. The molecule has 0 aliphatic carbocycles. The third-order valence-corrected chi connectivity index (χ3v) is 6.94. The number of β-lactam (4-membered cyclic amide) rings is 1. The van der Waals surface area contributed by atoms with Crippen LogP contribution in [0.3, 0.4) is 0 Å². The molecule has 1 aliphatic rings. The highest BCUT2D eigenvalue weighted by atomic mass is 35.5. The summed E-state index contributed by atoms with van der Waals surface area (Å²) >= 11 is 6.13. The van der Waals surface area contributed by atoms with Crippen LogP contribution in [0.4, 0.5) is 0 Å². The van der Waals surface area contributed by atoms with Crippen molar-refractivity contribution < 1.29 is 4.79 Å². The predicted octanol–water partition coefficient (Wildman–Crippen LogP) is 5.05. The molecule has 0 bridgehead atoms. The van der Waals surface area contributed by atoms with Gasteiger partial charge in [-0.3, -0.25) is 15.1 Å². The molecule has 2 atom stereocenters. The predicted molar refractivity (Wildman–Crippen MR) is 149 cm³/mol. The molecule has 1 fully saturated rings. The van der Waals surface area contributed by atoms with E-state index in [1.54, 1.807) is 10.9 Å². The maximum Gasteiger partial charge on any atom is 0.243 e. The van der Waals surface area contributed by atoms with Gasteiger partial charge in [-0.25, -0.2) is 4.68 Å². The van der Waals surface area contributed by atoms with Crippen molar-refractivity contribution in [2.24, 2.45) is 0 Å². The van der Waals surface area contributed by atoms with Crippen molar-refractivity contribution in [3.63, 3.8) is 0 Å². The van der Waals surface area contributed by atoms with Gasteiger partial charge in [0.15, 0.2) is 0 Å². The number of carbonyl (C=O) groups excluding carboxylic acids is 1. The van der Waals surface area contributed by atoms with Gasteiger partial charge in [-0.05, 0) is 35.4 Å². The molecule has 2 aromatic heterocycles. The molecule has 3 aromatic carbocycles. The summed E-state index contributed by atoms with van der Waals surface area (Å²) in [4.78, 5) is 19.5. The number of pyridine rings is 1. The lowest BCUT2D eigenvalue weighted by molar-refractivity contribution is -0.149. The van der Waals surface area contributed by atoms with Gasteiger partial charge in [0.05, 0.1) is 29.1 Å². The molecule has 1 aliphatic heterocycles. The fraction of sp³-hybridized carbons (Fsp3) is 0.133. The molecule has 6 rings (SSSR count). The van der Waals surface area contributed by atoms with E-state index in [9.17, 15) is 4.79 Å². The quantitative estimate of drug-likeness (QED) is 0.290. The number of benzene rings is 3. The van der Waals surface area contributed by atoms with Crippen LogP contribution in [0, 0.1) is 0 Å². The maximum absolute atomic E-state index is 13.2. The minimum Gasteiger partial charge on any atom is -0.328 e. The number of carbonyl (C=O) groups is 1.